The molecule has 152 valence electrons. The van der Waals surface area contributed by atoms with Crippen LogP contribution in [0.25, 0.3) is 0 Å². The van der Waals surface area contributed by atoms with Crippen LogP contribution in [0.3, 0.4) is 0 Å². The summed E-state index contributed by atoms with van der Waals surface area (Å²) in [5.41, 5.74) is 1.63. The van der Waals surface area contributed by atoms with Crippen LogP contribution in [-0.4, -0.2) is 34.7 Å². The second-order valence-corrected chi connectivity index (χ2v) is 9.07. The lowest BCUT2D eigenvalue weighted by Crippen LogP contribution is -2.25. The second kappa shape index (κ2) is 9.34. The van der Waals surface area contributed by atoms with Crippen LogP contribution in [-0.2, 0) is 23.1 Å². The van der Waals surface area contributed by atoms with Gasteiger partial charge in [0.25, 0.3) is 0 Å². The Hall–Kier alpha value is -2.49. The molecule has 0 aliphatic carbocycles. The molecule has 1 heterocycles. The van der Waals surface area contributed by atoms with Crippen molar-refractivity contribution in [2.75, 3.05) is 5.75 Å². The van der Waals surface area contributed by atoms with Gasteiger partial charge in [0.15, 0.2) is 10.9 Å². The summed E-state index contributed by atoms with van der Waals surface area (Å²) in [4.78, 5) is 12.5. The molecule has 0 aliphatic rings. The van der Waals surface area contributed by atoms with Gasteiger partial charge in [0, 0.05) is 12.1 Å². The standard InChI is InChI=1S/C20H22N4O3S2/c1-3-24-19(13-21-29(26,27)17-11-9-15(2)10-12-17)22-23-20(24)28-14-18(25)16-7-5-4-6-8-16/h4-12,21H,3,13-14H2,1-2H3. The van der Waals surface area contributed by atoms with Gasteiger partial charge in [-0.25, -0.2) is 13.1 Å². The number of rotatable bonds is 9. The molecule has 0 saturated carbocycles. The second-order valence-electron chi connectivity index (χ2n) is 6.36. The van der Waals surface area contributed by atoms with Crippen LogP contribution < -0.4 is 4.72 Å². The molecular formula is C20H22N4O3S2. The van der Waals surface area contributed by atoms with E-state index in [4.69, 9.17) is 0 Å². The molecule has 29 heavy (non-hydrogen) atoms. The maximum absolute atomic E-state index is 12.5. The molecule has 0 saturated heterocycles. The van der Waals surface area contributed by atoms with Gasteiger partial charge < -0.3 is 4.57 Å². The molecule has 0 bridgehead atoms. The molecule has 0 radical (unpaired) electrons. The molecule has 3 rings (SSSR count). The molecule has 9 heteroatoms. The van der Waals surface area contributed by atoms with Gasteiger partial charge in [-0.2, -0.15) is 0 Å². The van der Waals surface area contributed by atoms with Gasteiger partial charge in [-0.05, 0) is 26.0 Å². The largest absolute Gasteiger partial charge is 0.305 e. The summed E-state index contributed by atoms with van der Waals surface area (Å²) in [7, 11) is -3.64. The zero-order valence-corrected chi connectivity index (χ0v) is 17.8. The third-order valence-electron chi connectivity index (χ3n) is 4.29. The first-order chi connectivity index (χ1) is 13.9. The molecule has 0 fully saturated rings. The molecule has 0 spiro atoms. The third-order valence-corrected chi connectivity index (χ3v) is 6.67. The first-order valence-electron chi connectivity index (χ1n) is 9.10. The quantitative estimate of drug-likeness (QED) is 0.414. The Labute approximate surface area is 174 Å². The molecule has 3 aromatic rings. The number of carbonyl (C=O) groups excluding carboxylic acids is 1. The predicted molar refractivity (Wildman–Crippen MR) is 112 cm³/mol. The van der Waals surface area contributed by atoms with Gasteiger partial charge in [-0.1, -0.05) is 59.8 Å². The summed E-state index contributed by atoms with van der Waals surface area (Å²) in [6.45, 7) is 4.40. The van der Waals surface area contributed by atoms with Gasteiger partial charge in [0.1, 0.15) is 5.82 Å². The number of sulfonamides is 1. The first kappa shape index (κ1) is 21.2. The number of Topliss-reactive ketones (excluding diaryl/α,β-unsaturated/α-hetero) is 1. The number of aryl methyl sites for hydroxylation is 1. The Morgan fingerprint density at radius 1 is 1.07 bits per heavy atom. The number of nitrogens with zero attached hydrogens (tertiary/aromatic N) is 3. The lowest BCUT2D eigenvalue weighted by atomic mass is 10.2. The minimum absolute atomic E-state index is 0.00266. The van der Waals surface area contributed by atoms with Crippen molar-refractivity contribution in [2.45, 2.75) is 37.0 Å². The topological polar surface area (TPSA) is 93.9 Å². The fourth-order valence-corrected chi connectivity index (χ4v) is 4.57. The van der Waals surface area contributed by atoms with Crippen molar-refractivity contribution in [3.05, 3.63) is 71.5 Å². The van der Waals surface area contributed by atoms with Gasteiger partial charge in [0.05, 0.1) is 17.2 Å². The van der Waals surface area contributed by atoms with E-state index in [2.05, 4.69) is 14.9 Å². The van der Waals surface area contributed by atoms with E-state index < -0.39 is 10.0 Å². The van der Waals surface area contributed by atoms with Gasteiger partial charge in [-0.3, -0.25) is 4.79 Å². The molecule has 1 N–H and O–H groups in total. The summed E-state index contributed by atoms with van der Waals surface area (Å²) < 4.78 is 29.3. The van der Waals surface area contributed by atoms with E-state index in [0.29, 0.717) is 23.1 Å². The highest BCUT2D eigenvalue weighted by atomic mass is 32.2. The van der Waals surface area contributed by atoms with E-state index >= 15 is 0 Å². The van der Waals surface area contributed by atoms with Crippen LogP contribution in [0.5, 0.6) is 0 Å². The van der Waals surface area contributed by atoms with Crippen LogP contribution in [0.4, 0.5) is 0 Å². The number of aromatic nitrogens is 3. The Bertz CT molecular complexity index is 1080. The number of thioether (sulfide) groups is 1. The highest BCUT2D eigenvalue weighted by Crippen LogP contribution is 2.19. The van der Waals surface area contributed by atoms with Crippen LogP contribution >= 0.6 is 11.8 Å². The average Bonchev–Trinajstić information content (AvgIpc) is 3.13. The van der Waals surface area contributed by atoms with Crippen molar-refractivity contribution in [2.24, 2.45) is 0 Å². The van der Waals surface area contributed by atoms with E-state index in [1.165, 1.54) is 11.8 Å². The Balaban J connectivity index is 1.66. The summed E-state index contributed by atoms with van der Waals surface area (Å²) in [5.74, 6) is 0.734. The molecule has 0 aliphatic heterocycles. The number of carbonyl (C=O) groups is 1. The maximum atomic E-state index is 12.5. The summed E-state index contributed by atoms with van der Waals surface area (Å²) in [6, 6.07) is 15.7. The third kappa shape index (κ3) is 5.31. The lowest BCUT2D eigenvalue weighted by Gasteiger charge is -2.09. The zero-order chi connectivity index (χ0) is 20.9. The molecule has 7 nitrogen and oxygen atoms in total. The van der Waals surface area contributed by atoms with Crippen molar-refractivity contribution in [1.82, 2.24) is 19.5 Å². The molecular weight excluding hydrogens is 408 g/mol. The minimum atomic E-state index is -3.64. The zero-order valence-electron chi connectivity index (χ0n) is 16.2. The van der Waals surface area contributed by atoms with E-state index in [1.54, 1.807) is 41.0 Å². The van der Waals surface area contributed by atoms with E-state index in [9.17, 15) is 13.2 Å². The van der Waals surface area contributed by atoms with Crippen molar-refractivity contribution in [1.29, 1.82) is 0 Å². The minimum Gasteiger partial charge on any atom is -0.305 e. The first-order valence-corrected chi connectivity index (χ1v) is 11.6. The fraction of sp³-hybridized carbons (Fsp3) is 0.250. The maximum Gasteiger partial charge on any atom is 0.240 e. The predicted octanol–water partition coefficient (Wildman–Crippen LogP) is 3.06. The number of ketones is 1. The number of hydrogen-bond acceptors (Lipinski definition) is 6. The van der Waals surface area contributed by atoms with Gasteiger partial charge in [0.2, 0.25) is 10.0 Å². The van der Waals surface area contributed by atoms with Crippen LogP contribution in [0.2, 0.25) is 0 Å². The SMILES string of the molecule is CCn1c(CNS(=O)(=O)c2ccc(C)cc2)nnc1SCC(=O)c1ccccc1. The highest BCUT2D eigenvalue weighted by molar-refractivity contribution is 7.99. The Kier molecular flexibility index (Phi) is 6.83. The average molecular weight is 431 g/mol. The highest BCUT2D eigenvalue weighted by Gasteiger charge is 2.18. The van der Waals surface area contributed by atoms with E-state index in [-0.39, 0.29) is 23.0 Å². The van der Waals surface area contributed by atoms with Crippen LogP contribution in [0.1, 0.15) is 28.7 Å². The Morgan fingerprint density at radius 2 is 1.76 bits per heavy atom. The number of benzene rings is 2. The normalized spacial score (nSPS) is 11.5. The van der Waals surface area contributed by atoms with Crippen LogP contribution in [0, 0.1) is 6.92 Å². The van der Waals surface area contributed by atoms with Crippen molar-refractivity contribution in [3.63, 3.8) is 0 Å². The summed E-state index contributed by atoms with van der Waals surface area (Å²) in [6.07, 6.45) is 0. The van der Waals surface area contributed by atoms with Crippen molar-refractivity contribution >= 4 is 27.6 Å². The van der Waals surface area contributed by atoms with Crippen molar-refractivity contribution in [3.8, 4) is 0 Å². The number of hydrogen-bond donors (Lipinski definition) is 1. The van der Waals surface area contributed by atoms with E-state index in [1.807, 2.05) is 32.0 Å². The number of nitrogens with one attached hydrogen (secondary N) is 1. The van der Waals surface area contributed by atoms with Crippen molar-refractivity contribution < 1.29 is 13.2 Å². The lowest BCUT2D eigenvalue weighted by molar-refractivity contribution is 0.102. The van der Waals surface area contributed by atoms with Crippen LogP contribution in [0.15, 0.2) is 64.6 Å². The monoisotopic (exact) mass is 430 g/mol. The van der Waals surface area contributed by atoms with Gasteiger partial charge in [-0.15, -0.1) is 10.2 Å². The molecule has 0 unspecified atom stereocenters. The summed E-state index contributed by atoms with van der Waals surface area (Å²) in [5, 5.41) is 8.81. The molecule has 0 amide bonds. The van der Waals surface area contributed by atoms with E-state index in [0.717, 1.165) is 5.56 Å². The summed E-state index contributed by atoms with van der Waals surface area (Å²) >= 11 is 1.29. The molecule has 2 aromatic carbocycles. The Morgan fingerprint density at radius 3 is 2.41 bits per heavy atom. The van der Waals surface area contributed by atoms with Gasteiger partial charge >= 0.3 is 0 Å². The molecule has 1 aromatic heterocycles. The fourth-order valence-electron chi connectivity index (χ4n) is 2.67. The smallest absolute Gasteiger partial charge is 0.240 e. The molecule has 0 atom stereocenters.